The number of ether oxygens (including phenoxy) is 3. The van der Waals surface area contributed by atoms with Gasteiger partial charge in [-0.25, -0.2) is 4.79 Å². The lowest BCUT2D eigenvalue weighted by Crippen LogP contribution is -2.31. The minimum absolute atomic E-state index is 0.259. The van der Waals surface area contributed by atoms with Crippen LogP contribution >= 0.6 is 0 Å². The quantitative estimate of drug-likeness (QED) is 0.468. The van der Waals surface area contributed by atoms with Gasteiger partial charge in [-0.05, 0) is 6.92 Å². The molecule has 100 valence electrons. The van der Waals surface area contributed by atoms with Gasteiger partial charge in [-0.1, -0.05) is 0 Å². The van der Waals surface area contributed by atoms with Gasteiger partial charge in [-0.2, -0.15) is 0 Å². The number of hydrogen-bond donors (Lipinski definition) is 2. The molecule has 7 heteroatoms. The van der Waals surface area contributed by atoms with Gasteiger partial charge in [-0.3, -0.25) is 4.79 Å². The maximum absolute atomic E-state index is 11.1. The molecule has 0 bridgehead atoms. The molecule has 0 aliphatic carbocycles. The van der Waals surface area contributed by atoms with Gasteiger partial charge < -0.3 is 24.6 Å². The third kappa shape index (κ3) is 12.8. The SMILES string of the molecule is CCOCCOCCNC(=O)COCC(=O)O. The average Bonchev–Trinajstić information content (AvgIpc) is 2.27. The van der Waals surface area contributed by atoms with Crippen LogP contribution in [0, 0.1) is 0 Å². The summed E-state index contributed by atoms with van der Waals surface area (Å²) in [5, 5.41) is 10.8. The fraction of sp³-hybridized carbons (Fsp3) is 0.800. The molecule has 2 N–H and O–H groups in total. The zero-order chi connectivity index (χ0) is 12.9. The Morgan fingerprint density at radius 3 is 2.41 bits per heavy atom. The van der Waals surface area contributed by atoms with Crippen molar-refractivity contribution >= 4 is 11.9 Å². The van der Waals surface area contributed by atoms with E-state index in [-0.39, 0.29) is 12.5 Å². The first-order chi connectivity index (χ1) is 8.16. The third-order valence-electron chi connectivity index (χ3n) is 1.60. The fourth-order valence-corrected chi connectivity index (χ4v) is 0.909. The van der Waals surface area contributed by atoms with E-state index in [0.29, 0.717) is 33.0 Å². The predicted molar refractivity (Wildman–Crippen MR) is 58.8 cm³/mol. The van der Waals surface area contributed by atoms with Crippen LogP contribution in [0.15, 0.2) is 0 Å². The number of carboxylic acids is 1. The summed E-state index contributed by atoms with van der Waals surface area (Å²) in [5.41, 5.74) is 0. The van der Waals surface area contributed by atoms with Crippen LogP contribution in [0.4, 0.5) is 0 Å². The van der Waals surface area contributed by atoms with E-state index in [0.717, 1.165) is 0 Å². The first-order valence-electron chi connectivity index (χ1n) is 5.38. The van der Waals surface area contributed by atoms with Crippen molar-refractivity contribution in [2.45, 2.75) is 6.92 Å². The van der Waals surface area contributed by atoms with Crippen molar-refractivity contribution in [1.82, 2.24) is 5.32 Å². The monoisotopic (exact) mass is 249 g/mol. The van der Waals surface area contributed by atoms with E-state index in [1.807, 2.05) is 6.92 Å². The van der Waals surface area contributed by atoms with Crippen LogP contribution in [0.3, 0.4) is 0 Å². The molecule has 0 rings (SSSR count). The predicted octanol–water partition coefficient (Wildman–Crippen LogP) is -0.743. The van der Waals surface area contributed by atoms with Crippen molar-refractivity contribution in [3.63, 3.8) is 0 Å². The second-order valence-corrected chi connectivity index (χ2v) is 3.05. The lowest BCUT2D eigenvalue weighted by Gasteiger charge is -2.06. The maximum Gasteiger partial charge on any atom is 0.329 e. The van der Waals surface area contributed by atoms with E-state index in [4.69, 9.17) is 14.6 Å². The molecule has 17 heavy (non-hydrogen) atoms. The molecule has 0 unspecified atom stereocenters. The highest BCUT2D eigenvalue weighted by atomic mass is 16.5. The molecular formula is C10H19NO6. The van der Waals surface area contributed by atoms with E-state index >= 15 is 0 Å². The number of carboxylic acid groups (broad SMARTS) is 1. The van der Waals surface area contributed by atoms with Crippen LogP contribution in [0.2, 0.25) is 0 Å². The average molecular weight is 249 g/mol. The molecule has 0 saturated heterocycles. The molecule has 0 aliphatic rings. The van der Waals surface area contributed by atoms with Crippen LogP contribution < -0.4 is 5.32 Å². The van der Waals surface area contributed by atoms with Gasteiger partial charge >= 0.3 is 5.97 Å². The van der Waals surface area contributed by atoms with Crippen molar-refractivity contribution in [2.24, 2.45) is 0 Å². The Labute approximate surface area is 100 Å². The lowest BCUT2D eigenvalue weighted by molar-refractivity contribution is -0.143. The molecule has 0 aliphatic heterocycles. The molecule has 0 aromatic heterocycles. The van der Waals surface area contributed by atoms with E-state index in [1.54, 1.807) is 0 Å². The highest BCUT2D eigenvalue weighted by molar-refractivity contribution is 5.77. The molecule has 0 heterocycles. The van der Waals surface area contributed by atoms with Crippen molar-refractivity contribution in [3.8, 4) is 0 Å². The van der Waals surface area contributed by atoms with Gasteiger partial charge in [-0.15, -0.1) is 0 Å². The highest BCUT2D eigenvalue weighted by Crippen LogP contribution is 1.79. The number of amides is 1. The molecule has 0 aromatic rings. The van der Waals surface area contributed by atoms with Crippen LogP contribution in [-0.4, -0.2) is 63.2 Å². The summed E-state index contributed by atoms with van der Waals surface area (Å²) in [6.07, 6.45) is 0. The third-order valence-corrected chi connectivity index (χ3v) is 1.60. The number of hydrogen-bond acceptors (Lipinski definition) is 5. The Bertz CT molecular complexity index is 221. The van der Waals surface area contributed by atoms with E-state index in [2.05, 4.69) is 10.1 Å². The number of aliphatic carboxylic acids is 1. The van der Waals surface area contributed by atoms with Crippen LogP contribution in [0.1, 0.15) is 6.92 Å². The summed E-state index contributed by atoms with van der Waals surface area (Å²) in [6, 6.07) is 0. The number of nitrogens with one attached hydrogen (secondary N) is 1. The van der Waals surface area contributed by atoms with Gasteiger partial charge in [0.15, 0.2) is 0 Å². The van der Waals surface area contributed by atoms with Crippen molar-refractivity contribution in [1.29, 1.82) is 0 Å². The van der Waals surface area contributed by atoms with Crippen LogP contribution in [0.25, 0.3) is 0 Å². The molecule has 0 spiro atoms. The Morgan fingerprint density at radius 1 is 1.06 bits per heavy atom. The van der Waals surface area contributed by atoms with Crippen LogP contribution in [-0.2, 0) is 23.8 Å². The zero-order valence-electron chi connectivity index (χ0n) is 9.94. The second-order valence-electron chi connectivity index (χ2n) is 3.05. The molecule has 7 nitrogen and oxygen atoms in total. The fourth-order valence-electron chi connectivity index (χ4n) is 0.909. The Hall–Kier alpha value is -1.18. The summed E-state index contributed by atoms with van der Waals surface area (Å²) in [5.74, 6) is -1.46. The highest BCUT2D eigenvalue weighted by Gasteiger charge is 2.02. The summed E-state index contributed by atoms with van der Waals surface area (Å²) in [6.45, 7) is 3.59. The minimum atomic E-state index is -1.10. The number of carbonyl (C=O) groups excluding carboxylic acids is 1. The molecule has 0 fully saturated rings. The maximum atomic E-state index is 11.1. The Kier molecular flexibility index (Phi) is 10.5. The molecule has 0 saturated carbocycles. The van der Waals surface area contributed by atoms with Crippen molar-refractivity contribution in [2.75, 3.05) is 46.2 Å². The molecule has 0 atom stereocenters. The van der Waals surface area contributed by atoms with Gasteiger partial charge in [0.05, 0.1) is 19.8 Å². The lowest BCUT2D eigenvalue weighted by atomic mass is 10.6. The summed E-state index contributed by atoms with van der Waals surface area (Å²) >= 11 is 0. The molecular weight excluding hydrogens is 230 g/mol. The van der Waals surface area contributed by atoms with E-state index in [1.165, 1.54) is 0 Å². The van der Waals surface area contributed by atoms with Crippen molar-refractivity contribution < 1.29 is 28.9 Å². The Morgan fingerprint density at radius 2 is 1.76 bits per heavy atom. The normalized spacial score (nSPS) is 10.2. The first kappa shape index (κ1) is 15.8. The number of carbonyl (C=O) groups is 2. The summed E-state index contributed by atoms with van der Waals surface area (Å²) in [7, 11) is 0. The largest absolute Gasteiger partial charge is 0.480 e. The van der Waals surface area contributed by atoms with Gasteiger partial charge in [0.25, 0.3) is 0 Å². The van der Waals surface area contributed by atoms with E-state index in [9.17, 15) is 9.59 Å². The first-order valence-corrected chi connectivity index (χ1v) is 5.38. The second kappa shape index (κ2) is 11.3. The van der Waals surface area contributed by atoms with Crippen molar-refractivity contribution in [3.05, 3.63) is 0 Å². The minimum Gasteiger partial charge on any atom is -0.480 e. The topological polar surface area (TPSA) is 94.1 Å². The summed E-state index contributed by atoms with van der Waals surface area (Å²) in [4.78, 5) is 21.1. The standard InChI is InChI=1S/C10H19NO6/c1-2-15-5-6-16-4-3-11-9(12)7-17-8-10(13)14/h2-8H2,1H3,(H,11,12)(H,13,14). The van der Waals surface area contributed by atoms with Gasteiger partial charge in [0, 0.05) is 13.2 Å². The van der Waals surface area contributed by atoms with E-state index < -0.39 is 12.6 Å². The molecule has 1 amide bonds. The van der Waals surface area contributed by atoms with Gasteiger partial charge in [0.1, 0.15) is 13.2 Å². The Balaban J connectivity index is 3.19. The summed E-state index contributed by atoms with van der Waals surface area (Å²) < 4.78 is 14.8. The number of rotatable bonds is 11. The van der Waals surface area contributed by atoms with Crippen LogP contribution in [0.5, 0.6) is 0 Å². The zero-order valence-corrected chi connectivity index (χ0v) is 9.94. The van der Waals surface area contributed by atoms with Gasteiger partial charge in [0.2, 0.25) is 5.91 Å². The molecule has 0 radical (unpaired) electrons. The molecule has 0 aromatic carbocycles. The smallest absolute Gasteiger partial charge is 0.329 e.